The summed E-state index contributed by atoms with van der Waals surface area (Å²) in [5.74, 6) is -1.14. The number of carbonyl (C=O) groups excluding carboxylic acids is 1. The normalized spacial score (nSPS) is 13.8. The van der Waals surface area contributed by atoms with Crippen molar-refractivity contribution in [2.24, 2.45) is 0 Å². The van der Waals surface area contributed by atoms with Gasteiger partial charge in [0.05, 0.1) is 22.1 Å². The Morgan fingerprint density at radius 1 is 0.897 bits per heavy atom. The highest BCUT2D eigenvalue weighted by molar-refractivity contribution is 7.90. The van der Waals surface area contributed by atoms with Crippen molar-refractivity contribution < 1.29 is 39.6 Å². The molecule has 1 atom stereocenters. The lowest BCUT2D eigenvalue weighted by Gasteiger charge is -2.17. The van der Waals surface area contributed by atoms with E-state index in [-0.39, 0.29) is 11.0 Å². The van der Waals surface area contributed by atoms with Crippen molar-refractivity contribution in [1.29, 1.82) is 0 Å². The van der Waals surface area contributed by atoms with Crippen molar-refractivity contribution in [2.45, 2.75) is 30.2 Å². The predicted octanol–water partition coefficient (Wildman–Crippen LogP) is 4.62. The minimum absolute atomic E-state index is 0.0208. The third-order valence-corrected chi connectivity index (χ3v) is 5.13. The van der Waals surface area contributed by atoms with E-state index in [1.54, 1.807) is 0 Å². The Labute approximate surface area is 162 Å². The van der Waals surface area contributed by atoms with Gasteiger partial charge in [-0.25, -0.2) is 8.42 Å². The van der Waals surface area contributed by atoms with Crippen LogP contribution in [0, 0.1) is 0 Å². The summed E-state index contributed by atoms with van der Waals surface area (Å²) in [6, 6.07) is 5.13. The van der Waals surface area contributed by atoms with Gasteiger partial charge in [0.1, 0.15) is 0 Å². The van der Waals surface area contributed by atoms with Crippen molar-refractivity contribution in [3.8, 4) is 0 Å². The van der Waals surface area contributed by atoms with Crippen LogP contribution in [0.3, 0.4) is 0 Å². The lowest BCUT2D eigenvalue weighted by Crippen LogP contribution is -2.27. The Morgan fingerprint density at radius 2 is 1.34 bits per heavy atom. The van der Waals surface area contributed by atoms with E-state index in [9.17, 15) is 39.6 Å². The molecule has 158 valence electrons. The number of sulfone groups is 1. The summed E-state index contributed by atoms with van der Waals surface area (Å²) in [4.78, 5) is 12.3. The van der Waals surface area contributed by atoms with Crippen LogP contribution in [0.15, 0.2) is 47.4 Å². The zero-order chi connectivity index (χ0) is 22.2. The molecule has 0 fully saturated rings. The average Bonchev–Trinajstić information content (AvgIpc) is 2.59. The van der Waals surface area contributed by atoms with Crippen molar-refractivity contribution in [2.75, 3.05) is 6.26 Å². The molecular formula is C18H15F6NO3S. The van der Waals surface area contributed by atoms with Gasteiger partial charge in [0, 0.05) is 11.8 Å². The Bertz CT molecular complexity index is 979. The summed E-state index contributed by atoms with van der Waals surface area (Å²) >= 11 is 0. The first-order valence-corrected chi connectivity index (χ1v) is 9.88. The third-order valence-electron chi connectivity index (χ3n) is 4.01. The van der Waals surface area contributed by atoms with Crippen molar-refractivity contribution in [3.05, 3.63) is 64.7 Å². The van der Waals surface area contributed by atoms with Gasteiger partial charge in [-0.3, -0.25) is 4.79 Å². The minimum atomic E-state index is -5.07. The van der Waals surface area contributed by atoms with Gasteiger partial charge in [0.25, 0.3) is 5.91 Å². The molecule has 0 aliphatic carbocycles. The van der Waals surface area contributed by atoms with Crippen LogP contribution in [0.25, 0.3) is 0 Å². The molecule has 1 unspecified atom stereocenters. The van der Waals surface area contributed by atoms with E-state index in [1.165, 1.54) is 31.2 Å². The highest BCUT2D eigenvalue weighted by Crippen LogP contribution is 2.36. The van der Waals surface area contributed by atoms with Gasteiger partial charge in [0.2, 0.25) is 0 Å². The molecule has 29 heavy (non-hydrogen) atoms. The molecule has 0 spiro atoms. The molecule has 1 amide bonds. The lowest BCUT2D eigenvalue weighted by molar-refractivity contribution is -0.143. The van der Waals surface area contributed by atoms with Crippen LogP contribution in [-0.4, -0.2) is 20.6 Å². The summed E-state index contributed by atoms with van der Waals surface area (Å²) in [6.45, 7) is 1.45. The van der Waals surface area contributed by atoms with E-state index in [4.69, 9.17) is 0 Å². The first kappa shape index (κ1) is 22.7. The monoisotopic (exact) mass is 439 g/mol. The first-order valence-electron chi connectivity index (χ1n) is 7.99. The van der Waals surface area contributed by atoms with Crippen LogP contribution in [0.2, 0.25) is 0 Å². The SMILES string of the molecule is CC(NC(=O)c1cc(C(F)(F)F)cc(C(F)(F)F)c1)c1ccc(S(C)(=O)=O)cc1. The maximum Gasteiger partial charge on any atom is 0.416 e. The van der Waals surface area contributed by atoms with Gasteiger partial charge >= 0.3 is 12.4 Å². The van der Waals surface area contributed by atoms with Gasteiger partial charge in [-0.1, -0.05) is 12.1 Å². The van der Waals surface area contributed by atoms with Crippen LogP contribution < -0.4 is 5.32 Å². The second-order valence-electron chi connectivity index (χ2n) is 6.33. The number of halogens is 6. The zero-order valence-corrected chi connectivity index (χ0v) is 15.8. The molecule has 1 N–H and O–H groups in total. The van der Waals surface area contributed by atoms with Crippen LogP contribution in [-0.2, 0) is 22.2 Å². The van der Waals surface area contributed by atoms with Gasteiger partial charge in [-0.05, 0) is 42.8 Å². The van der Waals surface area contributed by atoms with Crippen molar-refractivity contribution >= 4 is 15.7 Å². The highest BCUT2D eigenvalue weighted by atomic mass is 32.2. The second-order valence-corrected chi connectivity index (χ2v) is 8.35. The van der Waals surface area contributed by atoms with Crippen molar-refractivity contribution in [1.82, 2.24) is 5.32 Å². The fourth-order valence-electron chi connectivity index (χ4n) is 2.45. The summed E-state index contributed by atoms with van der Waals surface area (Å²) in [6.07, 6.45) is -9.13. The average molecular weight is 439 g/mol. The Balaban J connectivity index is 2.32. The molecule has 2 aromatic carbocycles. The quantitative estimate of drug-likeness (QED) is 0.708. The number of carbonyl (C=O) groups is 1. The molecule has 0 saturated heterocycles. The number of hydrogen-bond donors (Lipinski definition) is 1. The standard InChI is InChI=1S/C18H15F6NO3S/c1-10(11-3-5-15(6-4-11)29(2,27)28)25-16(26)12-7-13(17(19,20)21)9-14(8-12)18(22,23)24/h3-10H,1-2H3,(H,25,26). The third kappa shape index (κ3) is 5.72. The number of alkyl halides is 6. The van der Waals surface area contributed by atoms with E-state index in [1.807, 2.05) is 0 Å². The van der Waals surface area contributed by atoms with E-state index < -0.39 is 50.8 Å². The molecule has 0 aliphatic heterocycles. The van der Waals surface area contributed by atoms with E-state index >= 15 is 0 Å². The molecule has 4 nitrogen and oxygen atoms in total. The highest BCUT2D eigenvalue weighted by Gasteiger charge is 2.37. The molecule has 0 aromatic heterocycles. The largest absolute Gasteiger partial charge is 0.416 e. The molecular weight excluding hydrogens is 424 g/mol. The molecule has 0 aliphatic rings. The molecule has 0 saturated carbocycles. The van der Waals surface area contributed by atoms with Gasteiger partial charge < -0.3 is 5.32 Å². The number of benzene rings is 2. The molecule has 2 rings (SSSR count). The molecule has 0 bridgehead atoms. The summed E-state index contributed by atoms with van der Waals surface area (Å²) in [5, 5.41) is 2.30. The van der Waals surface area contributed by atoms with E-state index in [2.05, 4.69) is 5.32 Å². The Kier molecular flexibility index (Phi) is 6.03. The minimum Gasteiger partial charge on any atom is -0.346 e. The van der Waals surface area contributed by atoms with Crippen LogP contribution in [0.1, 0.15) is 40.0 Å². The van der Waals surface area contributed by atoms with Gasteiger partial charge in [0.15, 0.2) is 9.84 Å². The topological polar surface area (TPSA) is 63.2 Å². The summed E-state index contributed by atoms with van der Waals surface area (Å²) < 4.78 is 100. The Hall–Kier alpha value is -2.56. The van der Waals surface area contributed by atoms with E-state index in [0.29, 0.717) is 17.7 Å². The maximum atomic E-state index is 12.9. The number of nitrogens with one attached hydrogen (secondary N) is 1. The predicted molar refractivity (Wildman–Crippen MR) is 91.9 cm³/mol. The van der Waals surface area contributed by atoms with Crippen LogP contribution in [0.4, 0.5) is 26.3 Å². The smallest absolute Gasteiger partial charge is 0.346 e. The van der Waals surface area contributed by atoms with Crippen LogP contribution >= 0.6 is 0 Å². The van der Waals surface area contributed by atoms with Gasteiger partial charge in [-0.15, -0.1) is 0 Å². The number of rotatable bonds is 4. The fourth-order valence-corrected chi connectivity index (χ4v) is 3.08. The molecule has 0 heterocycles. The van der Waals surface area contributed by atoms with Crippen molar-refractivity contribution in [3.63, 3.8) is 0 Å². The summed E-state index contributed by atoms with van der Waals surface area (Å²) in [7, 11) is -3.45. The number of amides is 1. The lowest BCUT2D eigenvalue weighted by atomic mass is 10.0. The Morgan fingerprint density at radius 3 is 1.72 bits per heavy atom. The zero-order valence-electron chi connectivity index (χ0n) is 15.0. The first-order chi connectivity index (χ1) is 13.1. The van der Waals surface area contributed by atoms with Gasteiger partial charge in [-0.2, -0.15) is 26.3 Å². The molecule has 2 aromatic rings. The fraction of sp³-hybridized carbons (Fsp3) is 0.278. The molecule has 0 radical (unpaired) electrons. The molecule has 11 heteroatoms. The second kappa shape index (κ2) is 7.69. The van der Waals surface area contributed by atoms with E-state index in [0.717, 1.165) is 6.26 Å². The van der Waals surface area contributed by atoms with Crippen LogP contribution in [0.5, 0.6) is 0 Å². The maximum absolute atomic E-state index is 12.9. The summed E-state index contributed by atoms with van der Waals surface area (Å²) in [5.41, 5.74) is -3.58. The number of hydrogen-bond acceptors (Lipinski definition) is 3.